The van der Waals surface area contributed by atoms with E-state index in [1.54, 1.807) is 11.9 Å². The van der Waals surface area contributed by atoms with Gasteiger partial charge in [-0.1, -0.05) is 38.1 Å². The molecule has 0 saturated heterocycles. The maximum absolute atomic E-state index is 12.6. The smallest absolute Gasteiger partial charge is 0.303 e. The molecule has 174 valence electrons. The van der Waals surface area contributed by atoms with E-state index in [0.717, 1.165) is 18.4 Å². The van der Waals surface area contributed by atoms with Crippen LogP contribution in [0.2, 0.25) is 0 Å². The normalized spacial score (nSPS) is 30.5. The van der Waals surface area contributed by atoms with Crippen LogP contribution in [0.4, 0.5) is 0 Å². The Kier molecular flexibility index (Phi) is 7.65. The first-order valence-corrected chi connectivity index (χ1v) is 11.4. The Morgan fingerprint density at radius 3 is 2.62 bits per heavy atom. The van der Waals surface area contributed by atoms with Crippen LogP contribution in [0.15, 0.2) is 42.0 Å². The topological polar surface area (TPSA) is 76.1 Å². The molecule has 1 aromatic carbocycles. The quantitative estimate of drug-likeness (QED) is 0.518. The molecule has 0 bridgehead atoms. The molecule has 2 radical (unpaired) electrons. The van der Waals surface area contributed by atoms with Crippen LogP contribution in [-0.4, -0.2) is 53.8 Å². The Labute approximate surface area is 191 Å². The summed E-state index contributed by atoms with van der Waals surface area (Å²) in [6.07, 6.45) is 6.45. The molecule has 0 heterocycles. The lowest BCUT2D eigenvalue weighted by Gasteiger charge is -2.52. The first-order valence-electron chi connectivity index (χ1n) is 11.4. The van der Waals surface area contributed by atoms with Gasteiger partial charge in [0.2, 0.25) is 0 Å². The molecule has 3 rings (SSSR count). The fraction of sp³-hybridized carbons (Fsp3) is 0.577. The molecule has 1 amide bonds. The summed E-state index contributed by atoms with van der Waals surface area (Å²) in [6.45, 7) is 8.00. The highest BCUT2D eigenvalue weighted by Crippen LogP contribution is 2.50. The minimum absolute atomic E-state index is 0.00701. The lowest BCUT2D eigenvalue weighted by Crippen LogP contribution is -2.56. The number of nitrogens with zero attached hydrogens (tertiary/aromatic N) is 1. The zero-order chi connectivity index (χ0) is 23.5. The molecule has 0 spiro atoms. The van der Waals surface area contributed by atoms with Crippen molar-refractivity contribution in [2.75, 3.05) is 20.2 Å². The van der Waals surface area contributed by atoms with Crippen molar-refractivity contribution in [3.8, 4) is 5.75 Å². The molecule has 6 heteroatoms. The van der Waals surface area contributed by atoms with Gasteiger partial charge in [-0.25, -0.2) is 0 Å². The lowest BCUT2D eigenvalue weighted by molar-refractivity contribution is -0.148. The highest BCUT2D eigenvalue weighted by Gasteiger charge is 2.53. The summed E-state index contributed by atoms with van der Waals surface area (Å²) in [7, 11) is 1.79. The third kappa shape index (κ3) is 5.34. The van der Waals surface area contributed by atoms with Crippen LogP contribution in [0.3, 0.4) is 0 Å². The van der Waals surface area contributed by atoms with Crippen LogP contribution in [0.5, 0.6) is 5.75 Å². The van der Waals surface area contributed by atoms with Crippen LogP contribution in [-0.2, 0) is 14.3 Å². The molecular formula is C26H35NO5. The number of aliphatic hydroxyl groups is 1. The molecular weight excluding hydrogens is 406 g/mol. The lowest BCUT2D eigenvalue weighted by atomic mass is 9.57. The number of benzene rings is 1. The summed E-state index contributed by atoms with van der Waals surface area (Å²) in [5, 5.41) is 11.6. The standard InChI is InChI=1S/C26H35NO5/c1-17-13-23-22(12-11-19(3)26(23,30)14-24(17)32-20(4)28)18(2)15-27(5)25(29)16-31-21-9-7-6-8-10-21/h6-10,13,18-19,22-24,30H,11-12,15-16H2,1-5H3/t18-,19-,22+,23-,24-,26-/m1/s1. The van der Waals surface area contributed by atoms with Crippen LogP contribution < -0.4 is 4.74 Å². The van der Waals surface area contributed by atoms with Gasteiger partial charge in [0.15, 0.2) is 6.61 Å². The second kappa shape index (κ2) is 10.1. The summed E-state index contributed by atoms with van der Waals surface area (Å²) in [5.41, 5.74) is -0.266. The van der Waals surface area contributed by atoms with Gasteiger partial charge in [-0.15, -0.1) is 0 Å². The second-order valence-electron chi connectivity index (χ2n) is 9.39. The second-order valence-corrected chi connectivity index (χ2v) is 9.39. The number of rotatable bonds is 7. The SMILES string of the molecule is CC(=O)O[C@@H]1[C][C@@]2(O)[C@H](C)CC[C@@H]([C@H](C)CN(C)C(=O)COc3ccccc3)[C@H]2C=C1C. The highest BCUT2D eigenvalue weighted by molar-refractivity contribution is 5.77. The molecule has 1 fully saturated rings. The van der Waals surface area contributed by atoms with Gasteiger partial charge in [-0.05, 0) is 55.2 Å². The number of esters is 1. The van der Waals surface area contributed by atoms with Gasteiger partial charge in [0, 0.05) is 26.4 Å². The summed E-state index contributed by atoms with van der Waals surface area (Å²) >= 11 is 0. The fourth-order valence-corrected chi connectivity index (χ4v) is 5.05. The maximum atomic E-state index is 12.6. The predicted molar refractivity (Wildman–Crippen MR) is 122 cm³/mol. The average Bonchev–Trinajstić information content (AvgIpc) is 2.74. The molecule has 1 N–H and O–H groups in total. The van der Waals surface area contributed by atoms with E-state index in [4.69, 9.17) is 9.47 Å². The van der Waals surface area contributed by atoms with Gasteiger partial charge < -0.3 is 19.5 Å². The Hall–Kier alpha value is -2.34. The maximum Gasteiger partial charge on any atom is 0.303 e. The molecule has 6 nitrogen and oxygen atoms in total. The van der Waals surface area contributed by atoms with Gasteiger partial charge in [-0.3, -0.25) is 9.59 Å². The average molecular weight is 442 g/mol. The molecule has 2 aliphatic carbocycles. The number of fused-ring (bicyclic) bond motifs is 1. The number of carbonyl (C=O) groups is 2. The third-order valence-corrected chi connectivity index (χ3v) is 6.98. The van der Waals surface area contributed by atoms with Crippen LogP contribution >= 0.6 is 0 Å². The van der Waals surface area contributed by atoms with Gasteiger partial charge in [0.1, 0.15) is 11.9 Å². The Morgan fingerprint density at radius 1 is 1.28 bits per heavy atom. The van der Waals surface area contributed by atoms with Crippen molar-refractivity contribution in [3.63, 3.8) is 0 Å². The van der Waals surface area contributed by atoms with Gasteiger partial charge >= 0.3 is 5.97 Å². The summed E-state index contributed by atoms with van der Waals surface area (Å²) in [4.78, 5) is 25.8. The molecule has 1 saturated carbocycles. The molecule has 0 aliphatic heterocycles. The molecule has 6 atom stereocenters. The number of amides is 1. The molecule has 1 aromatic rings. The van der Waals surface area contributed by atoms with E-state index in [-0.39, 0.29) is 42.2 Å². The predicted octanol–water partition coefficient (Wildman–Crippen LogP) is 3.53. The number of ether oxygens (including phenoxy) is 2. The van der Waals surface area contributed by atoms with Crippen LogP contribution in [0.1, 0.15) is 40.5 Å². The van der Waals surface area contributed by atoms with Crippen molar-refractivity contribution in [1.82, 2.24) is 4.90 Å². The Morgan fingerprint density at radius 2 is 1.97 bits per heavy atom. The monoisotopic (exact) mass is 441 g/mol. The number of para-hydroxylation sites is 1. The van der Waals surface area contributed by atoms with Gasteiger partial charge in [-0.2, -0.15) is 0 Å². The van der Waals surface area contributed by atoms with Crippen molar-refractivity contribution in [1.29, 1.82) is 0 Å². The minimum atomic E-state index is -1.16. The molecule has 32 heavy (non-hydrogen) atoms. The highest BCUT2D eigenvalue weighted by atomic mass is 16.5. The molecule has 0 unspecified atom stereocenters. The van der Waals surface area contributed by atoms with Crippen LogP contribution in [0.25, 0.3) is 0 Å². The van der Waals surface area contributed by atoms with Gasteiger partial charge in [0.25, 0.3) is 5.91 Å². The van der Waals surface area contributed by atoms with E-state index in [2.05, 4.69) is 19.4 Å². The minimum Gasteiger partial charge on any atom is -0.484 e. The summed E-state index contributed by atoms with van der Waals surface area (Å²) in [6, 6.07) is 9.30. The van der Waals surface area contributed by atoms with Crippen molar-refractivity contribution >= 4 is 11.9 Å². The summed E-state index contributed by atoms with van der Waals surface area (Å²) in [5.74, 6) is 0.439. The molecule has 2 aliphatic rings. The molecule has 0 aromatic heterocycles. The van der Waals surface area contributed by atoms with Crippen LogP contribution in [0, 0.1) is 30.1 Å². The third-order valence-electron chi connectivity index (χ3n) is 6.98. The van der Waals surface area contributed by atoms with Crippen molar-refractivity contribution < 1.29 is 24.2 Å². The summed E-state index contributed by atoms with van der Waals surface area (Å²) < 4.78 is 11.0. The number of hydrogen-bond donors (Lipinski definition) is 1. The Bertz CT molecular complexity index is 838. The first-order chi connectivity index (χ1) is 15.1. The van der Waals surface area contributed by atoms with Crippen molar-refractivity contribution in [2.45, 2.75) is 52.2 Å². The largest absolute Gasteiger partial charge is 0.484 e. The zero-order valence-corrected chi connectivity index (χ0v) is 19.7. The fourth-order valence-electron chi connectivity index (χ4n) is 5.05. The first kappa shape index (κ1) is 24.3. The van der Waals surface area contributed by atoms with Crippen molar-refractivity contribution in [3.05, 3.63) is 48.4 Å². The Balaban J connectivity index is 1.66. The van der Waals surface area contributed by atoms with E-state index >= 15 is 0 Å². The number of carbonyl (C=O) groups excluding carboxylic acids is 2. The van der Waals surface area contributed by atoms with E-state index in [9.17, 15) is 14.7 Å². The van der Waals surface area contributed by atoms with E-state index in [1.165, 1.54) is 6.92 Å². The van der Waals surface area contributed by atoms with E-state index < -0.39 is 11.7 Å². The van der Waals surface area contributed by atoms with Gasteiger partial charge in [0.05, 0.1) is 12.0 Å². The zero-order valence-electron chi connectivity index (χ0n) is 19.7. The number of hydrogen-bond acceptors (Lipinski definition) is 5. The number of likely N-dealkylation sites (N-methyl/N-ethyl adjacent to an activating group) is 1. The van der Waals surface area contributed by atoms with Crippen molar-refractivity contribution in [2.24, 2.45) is 23.7 Å². The van der Waals surface area contributed by atoms with E-state index in [0.29, 0.717) is 12.3 Å². The van der Waals surface area contributed by atoms with E-state index in [1.807, 2.05) is 44.2 Å².